The topological polar surface area (TPSA) is 32.3 Å². The Hall–Kier alpha value is -0.570. The Morgan fingerprint density at radius 2 is 2.06 bits per heavy atom. The van der Waals surface area contributed by atoms with Gasteiger partial charge in [-0.3, -0.25) is 4.79 Å². The van der Waals surface area contributed by atoms with Crippen molar-refractivity contribution in [2.24, 2.45) is 5.41 Å². The van der Waals surface area contributed by atoms with Crippen molar-refractivity contribution in [1.29, 1.82) is 0 Å². The number of hydrogen-bond donors (Lipinski definition) is 1. The molecule has 1 rings (SSSR count). The normalized spacial score (nSPS) is 26.1. The van der Waals surface area contributed by atoms with Gasteiger partial charge < -0.3 is 10.2 Å². The molecule has 0 bridgehead atoms. The molecule has 1 aliphatic heterocycles. The van der Waals surface area contributed by atoms with Crippen molar-refractivity contribution in [2.45, 2.75) is 71.9 Å². The molecule has 1 N–H and O–H groups in total. The zero-order chi connectivity index (χ0) is 14.0. The zero-order valence-corrected chi connectivity index (χ0v) is 13.0. The highest BCUT2D eigenvalue weighted by atomic mass is 16.2. The highest BCUT2D eigenvalue weighted by Gasteiger charge is 2.43. The molecule has 2 atom stereocenters. The van der Waals surface area contributed by atoms with Gasteiger partial charge in [-0.15, -0.1) is 0 Å². The number of nitrogens with one attached hydrogen (secondary N) is 1. The highest BCUT2D eigenvalue weighted by Crippen LogP contribution is 2.30. The Balaban J connectivity index is 2.84. The van der Waals surface area contributed by atoms with Gasteiger partial charge in [-0.25, -0.2) is 0 Å². The molecule has 0 aromatic heterocycles. The van der Waals surface area contributed by atoms with E-state index in [1.807, 2.05) is 11.9 Å². The molecule has 1 amide bonds. The maximum Gasteiger partial charge on any atom is 0.242 e. The molecule has 1 aliphatic rings. The van der Waals surface area contributed by atoms with E-state index in [2.05, 4.69) is 39.9 Å². The van der Waals surface area contributed by atoms with Crippen LogP contribution in [-0.4, -0.2) is 36.0 Å². The molecule has 1 saturated heterocycles. The molecule has 3 nitrogen and oxygen atoms in total. The van der Waals surface area contributed by atoms with E-state index < -0.39 is 0 Å². The molecule has 18 heavy (non-hydrogen) atoms. The molecule has 0 aromatic carbocycles. The van der Waals surface area contributed by atoms with E-state index in [0.29, 0.717) is 0 Å². The molecular formula is C15H30N2O. The maximum absolute atomic E-state index is 12.8. The van der Waals surface area contributed by atoms with Crippen molar-refractivity contribution < 1.29 is 4.79 Å². The third kappa shape index (κ3) is 3.05. The Kier molecular flexibility index (Phi) is 4.82. The average molecular weight is 254 g/mol. The Bertz CT molecular complexity index is 287. The lowest BCUT2D eigenvalue weighted by Gasteiger charge is -2.40. The molecule has 2 unspecified atom stereocenters. The van der Waals surface area contributed by atoms with Crippen molar-refractivity contribution in [3.05, 3.63) is 0 Å². The number of amides is 1. The molecule has 0 radical (unpaired) electrons. The fourth-order valence-electron chi connectivity index (χ4n) is 2.83. The van der Waals surface area contributed by atoms with Crippen LogP contribution < -0.4 is 5.32 Å². The second-order valence-electron chi connectivity index (χ2n) is 6.82. The SMILES string of the molecule is CCCC1(C(=O)N(C)C(C)C(C)(C)C)CCCN1. The predicted octanol–water partition coefficient (Wildman–Crippen LogP) is 2.80. The van der Waals surface area contributed by atoms with Crippen LogP contribution >= 0.6 is 0 Å². The van der Waals surface area contributed by atoms with E-state index >= 15 is 0 Å². The van der Waals surface area contributed by atoms with Crippen molar-refractivity contribution in [1.82, 2.24) is 10.2 Å². The van der Waals surface area contributed by atoms with Crippen LogP contribution in [-0.2, 0) is 4.79 Å². The minimum atomic E-state index is -0.289. The summed E-state index contributed by atoms with van der Waals surface area (Å²) in [4.78, 5) is 14.8. The van der Waals surface area contributed by atoms with Crippen LogP contribution in [0.4, 0.5) is 0 Å². The van der Waals surface area contributed by atoms with Crippen molar-refractivity contribution in [3.8, 4) is 0 Å². The second kappa shape index (κ2) is 5.60. The summed E-state index contributed by atoms with van der Waals surface area (Å²) in [5, 5.41) is 3.47. The number of rotatable bonds is 4. The molecule has 1 heterocycles. The lowest BCUT2D eigenvalue weighted by Crippen LogP contribution is -2.57. The molecule has 106 valence electrons. The summed E-state index contributed by atoms with van der Waals surface area (Å²) in [5.74, 6) is 0.282. The van der Waals surface area contributed by atoms with E-state index in [-0.39, 0.29) is 22.9 Å². The van der Waals surface area contributed by atoms with E-state index in [0.717, 1.165) is 32.2 Å². The van der Waals surface area contributed by atoms with Gasteiger partial charge in [-0.1, -0.05) is 34.1 Å². The first kappa shape index (κ1) is 15.5. The van der Waals surface area contributed by atoms with Gasteiger partial charge in [-0.05, 0) is 38.1 Å². The summed E-state index contributed by atoms with van der Waals surface area (Å²) < 4.78 is 0. The fraction of sp³-hybridized carbons (Fsp3) is 0.933. The molecule has 3 heteroatoms. The second-order valence-corrected chi connectivity index (χ2v) is 6.82. The lowest BCUT2D eigenvalue weighted by molar-refractivity contribution is -0.140. The van der Waals surface area contributed by atoms with Crippen LogP contribution in [0.5, 0.6) is 0 Å². The standard InChI is InChI=1S/C15H30N2O/c1-7-9-15(10-8-11-16-15)13(18)17(6)12(2)14(3,4)5/h12,16H,7-11H2,1-6H3. The molecule has 0 aromatic rings. The largest absolute Gasteiger partial charge is 0.341 e. The molecule has 0 aliphatic carbocycles. The predicted molar refractivity (Wildman–Crippen MR) is 76.6 cm³/mol. The van der Waals surface area contributed by atoms with Crippen molar-refractivity contribution >= 4 is 5.91 Å². The average Bonchev–Trinajstić information content (AvgIpc) is 2.75. The van der Waals surface area contributed by atoms with Gasteiger partial charge in [0.15, 0.2) is 0 Å². The van der Waals surface area contributed by atoms with Gasteiger partial charge in [0.05, 0.1) is 5.54 Å². The van der Waals surface area contributed by atoms with Gasteiger partial charge in [0.25, 0.3) is 0 Å². The molecule has 1 fully saturated rings. The van der Waals surface area contributed by atoms with Crippen LogP contribution in [0, 0.1) is 5.41 Å². The summed E-state index contributed by atoms with van der Waals surface area (Å²) >= 11 is 0. The van der Waals surface area contributed by atoms with Crippen LogP contribution in [0.3, 0.4) is 0 Å². The molecule has 0 saturated carbocycles. The fourth-order valence-corrected chi connectivity index (χ4v) is 2.83. The number of likely N-dealkylation sites (N-methyl/N-ethyl adjacent to an activating group) is 1. The van der Waals surface area contributed by atoms with Gasteiger partial charge in [0, 0.05) is 13.1 Å². The maximum atomic E-state index is 12.8. The molecule has 0 spiro atoms. The van der Waals surface area contributed by atoms with Gasteiger partial charge in [-0.2, -0.15) is 0 Å². The Morgan fingerprint density at radius 1 is 1.44 bits per heavy atom. The first-order valence-corrected chi connectivity index (χ1v) is 7.27. The summed E-state index contributed by atoms with van der Waals surface area (Å²) in [6.07, 6.45) is 4.11. The number of carbonyl (C=O) groups is 1. The summed E-state index contributed by atoms with van der Waals surface area (Å²) in [6.45, 7) is 11.8. The third-order valence-electron chi connectivity index (χ3n) is 4.48. The number of nitrogens with zero attached hydrogens (tertiary/aromatic N) is 1. The third-order valence-corrected chi connectivity index (χ3v) is 4.48. The first-order valence-electron chi connectivity index (χ1n) is 7.27. The van der Waals surface area contributed by atoms with E-state index in [4.69, 9.17) is 0 Å². The first-order chi connectivity index (χ1) is 8.24. The van der Waals surface area contributed by atoms with Crippen LogP contribution in [0.15, 0.2) is 0 Å². The number of carbonyl (C=O) groups excluding carboxylic acids is 1. The Morgan fingerprint density at radius 3 is 2.44 bits per heavy atom. The zero-order valence-electron chi connectivity index (χ0n) is 13.0. The van der Waals surface area contributed by atoms with Crippen molar-refractivity contribution in [2.75, 3.05) is 13.6 Å². The highest BCUT2D eigenvalue weighted by molar-refractivity contribution is 5.86. The van der Waals surface area contributed by atoms with Gasteiger partial charge in [0.2, 0.25) is 5.91 Å². The minimum absolute atomic E-state index is 0.121. The Labute approximate surface area is 112 Å². The van der Waals surface area contributed by atoms with Gasteiger partial charge >= 0.3 is 0 Å². The van der Waals surface area contributed by atoms with E-state index in [9.17, 15) is 4.79 Å². The monoisotopic (exact) mass is 254 g/mol. The van der Waals surface area contributed by atoms with Crippen LogP contribution in [0.2, 0.25) is 0 Å². The minimum Gasteiger partial charge on any atom is -0.341 e. The molecular weight excluding hydrogens is 224 g/mol. The van der Waals surface area contributed by atoms with Crippen LogP contribution in [0.1, 0.15) is 60.3 Å². The van der Waals surface area contributed by atoms with E-state index in [1.54, 1.807) is 0 Å². The quantitative estimate of drug-likeness (QED) is 0.836. The summed E-state index contributed by atoms with van der Waals surface area (Å²) in [6, 6.07) is 0.251. The van der Waals surface area contributed by atoms with Crippen LogP contribution in [0.25, 0.3) is 0 Å². The smallest absolute Gasteiger partial charge is 0.242 e. The van der Waals surface area contributed by atoms with Crippen molar-refractivity contribution in [3.63, 3.8) is 0 Å². The van der Waals surface area contributed by atoms with E-state index in [1.165, 1.54) is 0 Å². The summed E-state index contributed by atoms with van der Waals surface area (Å²) in [5.41, 5.74) is -0.167. The number of hydrogen-bond acceptors (Lipinski definition) is 2. The van der Waals surface area contributed by atoms with Gasteiger partial charge in [0.1, 0.15) is 0 Å². The summed E-state index contributed by atoms with van der Waals surface area (Å²) in [7, 11) is 1.95. The lowest BCUT2D eigenvalue weighted by atomic mass is 9.84.